The van der Waals surface area contributed by atoms with Crippen molar-refractivity contribution in [3.05, 3.63) is 46.8 Å². The first-order chi connectivity index (χ1) is 8.22. The molecule has 88 valence electrons. The molecular formula is C12H12BrN3O. The summed E-state index contributed by atoms with van der Waals surface area (Å²) in [5, 5.41) is 8.99. The molecule has 0 saturated heterocycles. The lowest BCUT2D eigenvalue weighted by Crippen LogP contribution is -2.17. The average molecular weight is 294 g/mol. The van der Waals surface area contributed by atoms with E-state index in [2.05, 4.69) is 25.9 Å². The molecule has 1 heterocycles. The highest BCUT2D eigenvalue weighted by Gasteiger charge is 2.10. The molecule has 1 atom stereocenters. The maximum atomic E-state index is 8.99. The van der Waals surface area contributed by atoms with Crippen LogP contribution < -0.4 is 5.73 Å². The highest BCUT2D eigenvalue weighted by molar-refractivity contribution is 9.10. The van der Waals surface area contributed by atoms with Gasteiger partial charge in [-0.1, -0.05) is 34.1 Å². The molecule has 0 aliphatic carbocycles. The fourth-order valence-corrected chi connectivity index (χ4v) is 1.94. The summed E-state index contributed by atoms with van der Waals surface area (Å²) in [6.45, 7) is -0.167. The van der Waals surface area contributed by atoms with Crippen LogP contribution in [0, 0.1) is 0 Å². The Morgan fingerprint density at radius 2 is 2.06 bits per heavy atom. The minimum atomic E-state index is -0.544. The molecule has 0 spiro atoms. The van der Waals surface area contributed by atoms with Gasteiger partial charge in [0, 0.05) is 16.2 Å². The number of aliphatic hydroxyl groups excluding tert-OH is 1. The van der Waals surface area contributed by atoms with E-state index in [1.807, 2.05) is 30.3 Å². The number of nitrogens with two attached hydrogens (primary N) is 1. The van der Waals surface area contributed by atoms with Crippen LogP contribution in [0.15, 0.2) is 41.0 Å². The molecule has 0 aliphatic heterocycles. The van der Waals surface area contributed by atoms with Crippen molar-refractivity contribution in [2.24, 2.45) is 5.73 Å². The van der Waals surface area contributed by atoms with Crippen LogP contribution in [0.25, 0.3) is 11.3 Å². The second-order valence-electron chi connectivity index (χ2n) is 3.57. The van der Waals surface area contributed by atoms with Crippen molar-refractivity contribution in [1.29, 1.82) is 0 Å². The van der Waals surface area contributed by atoms with Gasteiger partial charge >= 0.3 is 0 Å². The topological polar surface area (TPSA) is 72.0 Å². The predicted molar refractivity (Wildman–Crippen MR) is 69.2 cm³/mol. The molecule has 0 fully saturated rings. The first-order valence-corrected chi connectivity index (χ1v) is 5.96. The highest BCUT2D eigenvalue weighted by atomic mass is 79.9. The molecule has 0 amide bonds. The van der Waals surface area contributed by atoms with Gasteiger partial charge in [0.1, 0.15) is 5.82 Å². The van der Waals surface area contributed by atoms with Gasteiger partial charge in [0.25, 0.3) is 0 Å². The third-order valence-corrected chi connectivity index (χ3v) is 3.04. The van der Waals surface area contributed by atoms with Gasteiger partial charge in [0.05, 0.1) is 18.3 Å². The number of hydrogen-bond acceptors (Lipinski definition) is 4. The molecular weight excluding hydrogens is 282 g/mol. The van der Waals surface area contributed by atoms with E-state index in [1.54, 1.807) is 6.20 Å². The van der Waals surface area contributed by atoms with E-state index >= 15 is 0 Å². The van der Waals surface area contributed by atoms with Gasteiger partial charge in [-0.05, 0) is 12.1 Å². The first-order valence-electron chi connectivity index (χ1n) is 5.16. The number of aliphatic hydroxyl groups is 1. The van der Waals surface area contributed by atoms with E-state index in [-0.39, 0.29) is 6.61 Å². The Hall–Kier alpha value is -1.30. The van der Waals surface area contributed by atoms with E-state index < -0.39 is 6.04 Å². The molecule has 5 heteroatoms. The van der Waals surface area contributed by atoms with Gasteiger partial charge in [-0.15, -0.1) is 0 Å². The lowest BCUT2D eigenvalue weighted by Gasteiger charge is -2.09. The molecule has 17 heavy (non-hydrogen) atoms. The number of benzene rings is 1. The predicted octanol–water partition coefficient (Wildman–Crippen LogP) is 1.90. The highest BCUT2D eigenvalue weighted by Crippen LogP contribution is 2.26. The van der Waals surface area contributed by atoms with Crippen LogP contribution in [0.1, 0.15) is 11.9 Å². The van der Waals surface area contributed by atoms with Gasteiger partial charge < -0.3 is 10.8 Å². The standard InChI is InChI=1S/C12H12BrN3O/c13-9-4-2-1-3-8(9)11-5-6-15-12(16-11)10(14)7-17/h1-6,10,17H,7,14H2. The van der Waals surface area contributed by atoms with Crippen LogP contribution in [-0.2, 0) is 0 Å². The number of aromatic nitrogens is 2. The molecule has 2 aromatic rings. The van der Waals surface area contributed by atoms with Crippen LogP contribution in [0.5, 0.6) is 0 Å². The van der Waals surface area contributed by atoms with Crippen molar-refractivity contribution in [3.8, 4) is 11.3 Å². The second kappa shape index (κ2) is 5.35. The normalized spacial score (nSPS) is 12.4. The van der Waals surface area contributed by atoms with Gasteiger partial charge in [-0.2, -0.15) is 0 Å². The van der Waals surface area contributed by atoms with E-state index in [0.717, 1.165) is 15.7 Å². The fraction of sp³-hybridized carbons (Fsp3) is 0.167. The van der Waals surface area contributed by atoms with E-state index in [1.165, 1.54) is 0 Å². The van der Waals surface area contributed by atoms with Crippen LogP contribution in [0.2, 0.25) is 0 Å². The molecule has 0 saturated carbocycles. The van der Waals surface area contributed by atoms with Crippen molar-refractivity contribution < 1.29 is 5.11 Å². The van der Waals surface area contributed by atoms with Crippen molar-refractivity contribution in [2.45, 2.75) is 6.04 Å². The maximum Gasteiger partial charge on any atom is 0.147 e. The summed E-state index contributed by atoms with van der Waals surface area (Å²) >= 11 is 3.47. The molecule has 4 nitrogen and oxygen atoms in total. The smallest absolute Gasteiger partial charge is 0.147 e. The second-order valence-corrected chi connectivity index (χ2v) is 4.42. The zero-order valence-electron chi connectivity index (χ0n) is 9.05. The summed E-state index contributed by atoms with van der Waals surface area (Å²) in [6, 6.07) is 9.05. The zero-order valence-corrected chi connectivity index (χ0v) is 10.6. The fourth-order valence-electron chi connectivity index (χ4n) is 1.45. The van der Waals surface area contributed by atoms with Crippen LogP contribution in [-0.4, -0.2) is 21.7 Å². The third-order valence-electron chi connectivity index (χ3n) is 2.35. The van der Waals surface area contributed by atoms with Crippen LogP contribution >= 0.6 is 15.9 Å². The maximum absolute atomic E-state index is 8.99. The number of nitrogens with zero attached hydrogens (tertiary/aromatic N) is 2. The summed E-state index contributed by atoms with van der Waals surface area (Å²) in [5.41, 5.74) is 7.45. The lowest BCUT2D eigenvalue weighted by atomic mass is 10.1. The van der Waals surface area contributed by atoms with Crippen LogP contribution in [0.3, 0.4) is 0 Å². The Labute approximate surface area is 108 Å². The zero-order chi connectivity index (χ0) is 12.3. The van der Waals surface area contributed by atoms with E-state index in [0.29, 0.717) is 5.82 Å². The molecule has 1 aromatic heterocycles. The summed E-state index contributed by atoms with van der Waals surface area (Å²) in [5.74, 6) is 0.445. The first kappa shape index (κ1) is 12.2. The Kier molecular flexibility index (Phi) is 3.83. The van der Waals surface area contributed by atoms with E-state index in [9.17, 15) is 0 Å². The molecule has 3 N–H and O–H groups in total. The molecule has 0 bridgehead atoms. The number of hydrogen-bond donors (Lipinski definition) is 2. The average Bonchev–Trinajstić information content (AvgIpc) is 2.38. The molecule has 0 radical (unpaired) electrons. The molecule has 0 aliphatic rings. The summed E-state index contributed by atoms with van der Waals surface area (Å²) in [7, 11) is 0. The van der Waals surface area contributed by atoms with Gasteiger partial charge in [0.2, 0.25) is 0 Å². The minimum absolute atomic E-state index is 0.167. The van der Waals surface area contributed by atoms with Crippen molar-refractivity contribution in [1.82, 2.24) is 9.97 Å². The van der Waals surface area contributed by atoms with Gasteiger partial charge in [-0.25, -0.2) is 9.97 Å². The lowest BCUT2D eigenvalue weighted by molar-refractivity contribution is 0.263. The largest absolute Gasteiger partial charge is 0.394 e. The summed E-state index contributed by atoms with van der Waals surface area (Å²) < 4.78 is 0.960. The minimum Gasteiger partial charge on any atom is -0.394 e. The van der Waals surface area contributed by atoms with Crippen molar-refractivity contribution in [3.63, 3.8) is 0 Å². The van der Waals surface area contributed by atoms with Gasteiger partial charge in [0.15, 0.2) is 0 Å². The van der Waals surface area contributed by atoms with Gasteiger partial charge in [-0.3, -0.25) is 0 Å². The number of halogens is 1. The van der Waals surface area contributed by atoms with Crippen molar-refractivity contribution >= 4 is 15.9 Å². The Bertz CT molecular complexity index is 519. The van der Waals surface area contributed by atoms with E-state index in [4.69, 9.17) is 10.8 Å². The SMILES string of the molecule is NC(CO)c1nccc(-c2ccccc2Br)n1. The molecule has 1 aromatic carbocycles. The molecule has 2 rings (SSSR count). The monoisotopic (exact) mass is 293 g/mol. The molecule has 1 unspecified atom stereocenters. The Morgan fingerprint density at radius 3 is 2.76 bits per heavy atom. The van der Waals surface area contributed by atoms with Crippen molar-refractivity contribution in [2.75, 3.05) is 6.61 Å². The summed E-state index contributed by atoms with van der Waals surface area (Å²) in [4.78, 5) is 8.40. The third kappa shape index (κ3) is 2.69. The van der Waals surface area contributed by atoms with Crippen LogP contribution in [0.4, 0.5) is 0 Å². The summed E-state index contributed by atoms with van der Waals surface area (Å²) in [6.07, 6.45) is 1.65. The quantitative estimate of drug-likeness (QED) is 0.907. The number of rotatable bonds is 3. The Balaban J connectivity index is 2.43. The Morgan fingerprint density at radius 1 is 1.29 bits per heavy atom.